The average Bonchev–Trinajstić information content (AvgIpc) is 1.94. The molecule has 0 heterocycles. The molecule has 3 N–H and O–H groups in total. The Morgan fingerprint density at radius 1 is 1.00 bits per heavy atom. The van der Waals surface area contributed by atoms with Gasteiger partial charge in [0.1, 0.15) is 0 Å². The van der Waals surface area contributed by atoms with Crippen molar-refractivity contribution in [3.63, 3.8) is 0 Å². The Morgan fingerprint density at radius 2 is 1.50 bits per heavy atom. The summed E-state index contributed by atoms with van der Waals surface area (Å²) in [4.78, 5) is 0. The van der Waals surface area contributed by atoms with Gasteiger partial charge in [-0.25, -0.2) is 0 Å². The molecule has 0 aliphatic carbocycles. The van der Waals surface area contributed by atoms with Crippen LogP contribution in [0.15, 0.2) is 0 Å². The van der Waals surface area contributed by atoms with Crippen molar-refractivity contribution >= 4 is 10.1 Å². The first-order valence-corrected chi connectivity index (χ1v) is 5.82. The number of unbranched alkanes of at least 4 members (excludes halogenated alkanes) is 4. The molecule has 0 unspecified atom stereocenters. The molecule has 12 heavy (non-hydrogen) atoms. The van der Waals surface area contributed by atoms with E-state index >= 15 is 0 Å². The molecule has 0 saturated carbocycles. The number of nitrogens with two attached hydrogens (primary N) is 1. The summed E-state index contributed by atoms with van der Waals surface area (Å²) in [7, 11) is -3.74. The summed E-state index contributed by atoms with van der Waals surface area (Å²) in [5, 5.41) is 0. The lowest BCUT2D eigenvalue weighted by atomic mass is 10.2. The topological polar surface area (TPSA) is 80.4 Å². The van der Waals surface area contributed by atoms with Gasteiger partial charge in [-0.3, -0.25) is 4.55 Å². The van der Waals surface area contributed by atoms with Crippen LogP contribution >= 0.6 is 0 Å². The quantitative estimate of drug-likeness (QED) is 0.465. The van der Waals surface area contributed by atoms with Gasteiger partial charge in [0, 0.05) is 0 Å². The van der Waals surface area contributed by atoms with Gasteiger partial charge in [-0.15, -0.1) is 0 Å². The average molecular weight is 195 g/mol. The molecule has 0 spiro atoms. The minimum atomic E-state index is -3.74. The molecule has 4 nitrogen and oxygen atoms in total. The highest BCUT2D eigenvalue weighted by atomic mass is 32.2. The lowest BCUT2D eigenvalue weighted by Gasteiger charge is -1.98. The summed E-state index contributed by atoms with van der Waals surface area (Å²) in [5.41, 5.74) is 5.28. The van der Waals surface area contributed by atoms with Crippen molar-refractivity contribution in [1.82, 2.24) is 0 Å². The molecule has 0 rings (SSSR count). The van der Waals surface area contributed by atoms with E-state index in [1.165, 1.54) is 0 Å². The van der Waals surface area contributed by atoms with E-state index in [9.17, 15) is 8.42 Å². The summed E-state index contributed by atoms with van der Waals surface area (Å²) in [6.07, 6.45) is 4.42. The van der Waals surface area contributed by atoms with Crippen LogP contribution in [0.2, 0.25) is 0 Å². The SMILES string of the molecule is NCCCCCCCS(=O)(=O)O. The van der Waals surface area contributed by atoms with Crippen LogP contribution in [0.5, 0.6) is 0 Å². The van der Waals surface area contributed by atoms with Gasteiger partial charge < -0.3 is 5.73 Å². The fraction of sp³-hybridized carbons (Fsp3) is 1.00. The highest BCUT2D eigenvalue weighted by molar-refractivity contribution is 7.85. The molecule has 5 heteroatoms. The molecular formula is C7H17NO3S. The van der Waals surface area contributed by atoms with E-state index in [1.54, 1.807) is 0 Å². The van der Waals surface area contributed by atoms with Crippen LogP contribution in [0.25, 0.3) is 0 Å². The molecule has 0 aliphatic rings. The maximum absolute atomic E-state index is 10.3. The van der Waals surface area contributed by atoms with Gasteiger partial charge in [-0.05, 0) is 19.4 Å². The predicted molar refractivity (Wildman–Crippen MR) is 48.6 cm³/mol. The molecule has 0 bridgehead atoms. The Kier molecular flexibility index (Phi) is 6.32. The van der Waals surface area contributed by atoms with E-state index in [4.69, 9.17) is 10.3 Å². The van der Waals surface area contributed by atoms with Crippen LogP contribution in [0.1, 0.15) is 32.1 Å². The van der Waals surface area contributed by atoms with E-state index in [0.717, 1.165) is 25.7 Å². The van der Waals surface area contributed by atoms with E-state index in [-0.39, 0.29) is 5.75 Å². The van der Waals surface area contributed by atoms with Gasteiger partial charge in [0.15, 0.2) is 0 Å². The van der Waals surface area contributed by atoms with Crippen LogP contribution < -0.4 is 5.73 Å². The van der Waals surface area contributed by atoms with Gasteiger partial charge in [0.25, 0.3) is 10.1 Å². The third kappa shape index (κ3) is 9.87. The third-order valence-electron chi connectivity index (χ3n) is 1.61. The zero-order valence-electron chi connectivity index (χ0n) is 7.20. The zero-order valence-corrected chi connectivity index (χ0v) is 8.02. The van der Waals surface area contributed by atoms with Gasteiger partial charge in [0.05, 0.1) is 5.75 Å². The van der Waals surface area contributed by atoms with Crippen molar-refractivity contribution in [2.24, 2.45) is 5.73 Å². The molecule has 0 saturated heterocycles. The van der Waals surface area contributed by atoms with Crippen molar-refractivity contribution in [3.8, 4) is 0 Å². The van der Waals surface area contributed by atoms with Crippen LogP contribution in [-0.2, 0) is 10.1 Å². The first-order valence-electron chi connectivity index (χ1n) is 4.21. The Hall–Kier alpha value is -0.130. The van der Waals surface area contributed by atoms with Gasteiger partial charge >= 0.3 is 0 Å². The second-order valence-electron chi connectivity index (χ2n) is 2.84. The Balaban J connectivity index is 3.12. The largest absolute Gasteiger partial charge is 0.330 e. The minimum absolute atomic E-state index is 0.115. The fourth-order valence-corrected chi connectivity index (χ4v) is 1.53. The van der Waals surface area contributed by atoms with Crippen molar-refractivity contribution < 1.29 is 13.0 Å². The van der Waals surface area contributed by atoms with Gasteiger partial charge in [-0.2, -0.15) is 8.42 Å². The molecule has 0 fully saturated rings. The number of hydrogen-bond donors (Lipinski definition) is 2. The molecule has 0 radical (unpaired) electrons. The first kappa shape index (κ1) is 11.9. The molecule has 0 amide bonds. The molecule has 74 valence electrons. The molecule has 0 aromatic carbocycles. The minimum Gasteiger partial charge on any atom is -0.330 e. The van der Waals surface area contributed by atoms with Crippen molar-refractivity contribution in [2.45, 2.75) is 32.1 Å². The van der Waals surface area contributed by atoms with Crippen LogP contribution in [0, 0.1) is 0 Å². The normalized spacial score (nSPS) is 11.8. The Labute approximate surface area is 73.9 Å². The fourth-order valence-electron chi connectivity index (χ4n) is 0.959. The van der Waals surface area contributed by atoms with Crippen LogP contribution in [0.4, 0.5) is 0 Å². The van der Waals surface area contributed by atoms with Crippen molar-refractivity contribution in [2.75, 3.05) is 12.3 Å². The lowest BCUT2D eigenvalue weighted by molar-refractivity contribution is 0.479. The van der Waals surface area contributed by atoms with Crippen LogP contribution in [0.3, 0.4) is 0 Å². The lowest BCUT2D eigenvalue weighted by Crippen LogP contribution is -2.03. The van der Waals surface area contributed by atoms with Crippen LogP contribution in [-0.4, -0.2) is 25.3 Å². The molecular weight excluding hydrogens is 178 g/mol. The maximum Gasteiger partial charge on any atom is 0.264 e. The monoisotopic (exact) mass is 195 g/mol. The molecule has 0 aromatic heterocycles. The predicted octanol–water partition coefficient (Wildman–Crippen LogP) is 0.783. The zero-order chi connectivity index (χ0) is 9.45. The highest BCUT2D eigenvalue weighted by Gasteiger charge is 2.02. The van der Waals surface area contributed by atoms with E-state index in [1.807, 2.05) is 0 Å². The summed E-state index contributed by atoms with van der Waals surface area (Å²) in [6.45, 7) is 0.693. The first-order chi connectivity index (χ1) is 5.56. The summed E-state index contributed by atoms with van der Waals surface area (Å²) >= 11 is 0. The van der Waals surface area contributed by atoms with E-state index in [0.29, 0.717) is 13.0 Å². The molecule has 0 atom stereocenters. The van der Waals surface area contributed by atoms with Crippen molar-refractivity contribution in [1.29, 1.82) is 0 Å². The number of hydrogen-bond acceptors (Lipinski definition) is 3. The second kappa shape index (κ2) is 6.39. The summed E-state index contributed by atoms with van der Waals surface area (Å²) in [6, 6.07) is 0. The maximum atomic E-state index is 10.3. The second-order valence-corrected chi connectivity index (χ2v) is 4.41. The number of rotatable bonds is 7. The highest BCUT2D eigenvalue weighted by Crippen LogP contribution is 2.03. The van der Waals surface area contributed by atoms with Gasteiger partial charge in [-0.1, -0.05) is 19.3 Å². The Morgan fingerprint density at radius 3 is 2.00 bits per heavy atom. The molecule has 0 aromatic rings. The standard InChI is InChI=1S/C7H17NO3S/c8-6-4-2-1-3-5-7-12(9,10)11/h1-8H2,(H,9,10,11). The smallest absolute Gasteiger partial charge is 0.264 e. The summed E-state index contributed by atoms with van der Waals surface area (Å²) in [5.74, 6) is -0.115. The summed E-state index contributed by atoms with van der Waals surface area (Å²) < 4.78 is 28.9. The molecule has 0 aliphatic heterocycles. The Bertz CT molecular complexity index is 189. The third-order valence-corrected chi connectivity index (χ3v) is 2.41. The van der Waals surface area contributed by atoms with E-state index < -0.39 is 10.1 Å². The van der Waals surface area contributed by atoms with Gasteiger partial charge in [0.2, 0.25) is 0 Å². The van der Waals surface area contributed by atoms with Crippen molar-refractivity contribution in [3.05, 3.63) is 0 Å². The van der Waals surface area contributed by atoms with E-state index in [2.05, 4.69) is 0 Å².